The van der Waals surface area contributed by atoms with E-state index in [0.29, 0.717) is 0 Å². The highest BCUT2D eigenvalue weighted by atomic mass is 32.1. The molecule has 0 unspecified atom stereocenters. The van der Waals surface area contributed by atoms with E-state index >= 15 is 0 Å². The molecule has 0 saturated carbocycles. The summed E-state index contributed by atoms with van der Waals surface area (Å²) in [6.07, 6.45) is 2.21. The molecule has 24 heavy (non-hydrogen) atoms. The van der Waals surface area contributed by atoms with E-state index in [2.05, 4.69) is 52.5 Å². The van der Waals surface area contributed by atoms with E-state index in [1.54, 1.807) is 22.7 Å². The quantitative estimate of drug-likeness (QED) is 0.459. The summed E-state index contributed by atoms with van der Waals surface area (Å²) in [5, 5.41) is 2.12. The number of benzene rings is 2. The van der Waals surface area contributed by atoms with E-state index in [9.17, 15) is 0 Å². The zero-order valence-electron chi connectivity index (χ0n) is 13.0. The molecule has 0 aliphatic carbocycles. The van der Waals surface area contributed by atoms with Crippen molar-refractivity contribution in [1.29, 1.82) is 0 Å². The molecule has 2 heterocycles. The van der Waals surface area contributed by atoms with Crippen LogP contribution >= 0.6 is 22.7 Å². The zero-order chi connectivity index (χ0) is 16.2. The van der Waals surface area contributed by atoms with Gasteiger partial charge in [0.05, 0.1) is 10.6 Å². The molecule has 0 radical (unpaired) electrons. The van der Waals surface area contributed by atoms with Crippen molar-refractivity contribution in [2.75, 3.05) is 0 Å². The standard InChI is InChI=1S/C20H16N2S2/c1-3-8-16(9-4-1)14-22-15-19(18-12-7-13-23-18)24-20(22)21-17-10-5-2-6-11-17/h1-13,15H,14H2. The number of nitrogens with zero attached hydrogens (tertiary/aromatic N) is 2. The molecule has 4 heteroatoms. The van der Waals surface area contributed by atoms with Gasteiger partial charge in [-0.15, -0.1) is 11.3 Å². The van der Waals surface area contributed by atoms with E-state index < -0.39 is 0 Å². The number of para-hydroxylation sites is 1. The molecule has 0 fully saturated rings. The lowest BCUT2D eigenvalue weighted by Crippen LogP contribution is -2.14. The molecule has 0 aliphatic rings. The van der Waals surface area contributed by atoms with E-state index in [-0.39, 0.29) is 0 Å². The summed E-state index contributed by atoms with van der Waals surface area (Å²) >= 11 is 3.50. The minimum atomic E-state index is 0.828. The SMILES string of the molecule is c1ccc(Cn2cc(-c3cccs3)sc2=Nc2ccccc2)cc1. The van der Waals surface area contributed by atoms with Crippen molar-refractivity contribution in [1.82, 2.24) is 4.57 Å². The first kappa shape index (κ1) is 15.1. The Morgan fingerprint density at radius 3 is 2.25 bits per heavy atom. The van der Waals surface area contributed by atoms with Gasteiger partial charge in [-0.1, -0.05) is 65.9 Å². The Bertz CT molecular complexity index is 965. The van der Waals surface area contributed by atoms with Crippen LogP contribution in [0.1, 0.15) is 5.56 Å². The van der Waals surface area contributed by atoms with Crippen molar-refractivity contribution in [3.8, 4) is 9.75 Å². The Kier molecular flexibility index (Phi) is 4.40. The van der Waals surface area contributed by atoms with Crippen molar-refractivity contribution in [3.63, 3.8) is 0 Å². The average molecular weight is 348 g/mol. The highest BCUT2D eigenvalue weighted by Crippen LogP contribution is 2.27. The lowest BCUT2D eigenvalue weighted by Gasteiger charge is -2.03. The molecule has 2 nitrogen and oxygen atoms in total. The summed E-state index contributed by atoms with van der Waals surface area (Å²) in [4.78, 5) is 8.42. The Labute approximate surface area is 149 Å². The summed E-state index contributed by atoms with van der Waals surface area (Å²) in [5.41, 5.74) is 2.27. The molecule has 2 aromatic heterocycles. The Balaban J connectivity index is 1.80. The number of hydrogen-bond donors (Lipinski definition) is 0. The van der Waals surface area contributed by atoms with Crippen LogP contribution in [0.4, 0.5) is 5.69 Å². The van der Waals surface area contributed by atoms with Gasteiger partial charge in [-0.2, -0.15) is 0 Å². The third-order valence-electron chi connectivity index (χ3n) is 3.66. The highest BCUT2D eigenvalue weighted by Gasteiger charge is 2.07. The van der Waals surface area contributed by atoms with Crippen LogP contribution in [0, 0.1) is 0 Å². The fourth-order valence-corrected chi connectivity index (χ4v) is 4.34. The number of rotatable bonds is 4. The maximum Gasteiger partial charge on any atom is 0.190 e. The maximum absolute atomic E-state index is 4.85. The maximum atomic E-state index is 4.85. The van der Waals surface area contributed by atoms with Crippen molar-refractivity contribution in [2.45, 2.75) is 6.54 Å². The van der Waals surface area contributed by atoms with Crippen LogP contribution in [0.5, 0.6) is 0 Å². The fraction of sp³-hybridized carbons (Fsp3) is 0.0500. The van der Waals surface area contributed by atoms with E-state index in [1.165, 1.54) is 15.3 Å². The van der Waals surface area contributed by atoms with Crippen LogP contribution in [0.15, 0.2) is 89.4 Å². The number of hydrogen-bond acceptors (Lipinski definition) is 3. The molecule has 118 valence electrons. The molecule has 0 aliphatic heterocycles. The normalized spacial score (nSPS) is 11.8. The monoisotopic (exact) mass is 348 g/mol. The minimum Gasteiger partial charge on any atom is -0.319 e. The summed E-state index contributed by atoms with van der Waals surface area (Å²) < 4.78 is 2.24. The second-order valence-corrected chi connectivity index (χ2v) is 7.37. The minimum absolute atomic E-state index is 0.828. The van der Waals surface area contributed by atoms with Crippen molar-refractivity contribution in [3.05, 3.63) is 94.7 Å². The number of thiazole rings is 1. The smallest absolute Gasteiger partial charge is 0.190 e. The largest absolute Gasteiger partial charge is 0.319 e. The summed E-state index contributed by atoms with van der Waals surface area (Å²) in [6, 6.07) is 24.9. The lowest BCUT2D eigenvalue weighted by molar-refractivity contribution is 0.771. The second-order valence-electron chi connectivity index (χ2n) is 5.42. The Morgan fingerprint density at radius 1 is 0.792 bits per heavy atom. The van der Waals surface area contributed by atoms with Crippen LogP contribution < -0.4 is 4.80 Å². The van der Waals surface area contributed by atoms with Crippen LogP contribution in [-0.2, 0) is 6.54 Å². The average Bonchev–Trinajstić information content (AvgIpc) is 3.27. The van der Waals surface area contributed by atoms with Gasteiger partial charge in [0.2, 0.25) is 0 Å². The molecule has 4 rings (SSSR count). The van der Waals surface area contributed by atoms with Crippen molar-refractivity contribution < 1.29 is 0 Å². The van der Waals surface area contributed by atoms with Crippen LogP contribution in [0.2, 0.25) is 0 Å². The van der Waals surface area contributed by atoms with Crippen LogP contribution in [0.3, 0.4) is 0 Å². The van der Waals surface area contributed by atoms with E-state index in [1.807, 2.05) is 36.4 Å². The Morgan fingerprint density at radius 2 is 1.54 bits per heavy atom. The predicted molar refractivity (Wildman–Crippen MR) is 103 cm³/mol. The molecule has 4 aromatic rings. The molecule has 2 aromatic carbocycles. The molecule has 0 N–H and O–H groups in total. The van der Waals surface area contributed by atoms with Gasteiger partial charge in [-0.25, -0.2) is 4.99 Å². The molecule has 0 amide bonds. The first-order chi connectivity index (χ1) is 11.9. The van der Waals surface area contributed by atoms with Crippen LogP contribution in [0.25, 0.3) is 9.75 Å². The predicted octanol–water partition coefficient (Wildman–Crippen LogP) is 5.56. The van der Waals surface area contributed by atoms with Gasteiger partial charge in [0.25, 0.3) is 0 Å². The van der Waals surface area contributed by atoms with E-state index in [0.717, 1.165) is 17.0 Å². The topological polar surface area (TPSA) is 17.3 Å². The molecule has 0 bridgehead atoms. The molecule has 0 saturated heterocycles. The molecule has 0 atom stereocenters. The first-order valence-corrected chi connectivity index (χ1v) is 9.46. The van der Waals surface area contributed by atoms with Crippen molar-refractivity contribution in [2.24, 2.45) is 4.99 Å². The third-order valence-corrected chi connectivity index (χ3v) is 5.75. The fourth-order valence-electron chi connectivity index (χ4n) is 2.51. The van der Waals surface area contributed by atoms with Gasteiger partial charge < -0.3 is 4.57 Å². The third kappa shape index (κ3) is 3.40. The molecule has 0 spiro atoms. The number of aromatic nitrogens is 1. The number of thiophene rings is 1. The van der Waals surface area contributed by atoms with Crippen molar-refractivity contribution >= 4 is 28.4 Å². The van der Waals surface area contributed by atoms with Gasteiger partial charge in [-0.3, -0.25) is 0 Å². The first-order valence-electron chi connectivity index (χ1n) is 7.76. The highest BCUT2D eigenvalue weighted by molar-refractivity contribution is 7.20. The van der Waals surface area contributed by atoms with Gasteiger partial charge >= 0.3 is 0 Å². The summed E-state index contributed by atoms with van der Waals surface area (Å²) in [7, 11) is 0. The summed E-state index contributed by atoms with van der Waals surface area (Å²) in [6.45, 7) is 0.828. The second kappa shape index (κ2) is 6.99. The Hall–Kier alpha value is -2.43. The van der Waals surface area contributed by atoms with Crippen LogP contribution in [-0.4, -0.2) is 4.57 Å². The molecular formula is C20H16N2S2. The summed E-state index contributed by atoms with van der Waals surface area (Å²) in [5.74, 6) is 0. The lowest BCUT2D eigenvalue weighted by atomic mass is 10.2. The van der Waals surface area contributed by atoms with E-state index in [4.69, 9.17) is 4.99 Å². The van der Waals surface area contributed by atoms with Gasteiger partial charge in [0.1, 0.15) is 0 Å². The zero-order valence-corrected chi connectivity index (χ0v) is 14.6. The van der Waals surface area contributed by atoms with Gasteiger partial charge in [0.15, 0.2) is 4.80 Å². The van der Waals surface area contributed by atoms with Gasteiger partial charge in [0, 0.05) is 17.6 Å². The van der Waals surface area contributed by atoms with Gasteiger partial charge in [-0.05, 0) is 29.1 Å². The molecular weight excluding hydrogens is 332 g/mol.